The summed E-state index contributed by atoms with van der Waals surface area (Å²) in [6.45, 7) is 2.61. The van der Waals surface area contributed by atoms with Gasteiger partial charge in [-0.25, -0.2) is 0 Å². The molecule has 0 spiro atoms. The third-order valence-electron chi connectivity index (χ3n) is 2.96. The number of phenols is 2. The average Bonchev–Trinajstić information content (AvgIpc) is 2.37. The molecule has 2 aromatic carbocycles. The van der Waals surface area contributed by atoms with E-state index in [4.69, 9.17) is 0 Å². The monoisotopic (exact) mass is 243 g/mol. The van der Waals surface area contributed by atoms with Gasteiger partial charge in [0.1, 0.15) is 11.5 Å². The van der Waals surface area contributed by atoms with Gasteiger partial charge in [0, 0.05) is 18.2 Å². The van der Waals surface area contributed by atoms with Crippen LogP contribution < -0.4 is 5.32 Å². The van der Waals surface area contributed by atoms with Crippen molar-refractivity contribution < 1.29 is 10.2 Å². The summed E-state index contributed by atoms with van der Waals surface area (Å²) in [5.41, 5.74) is 1.88. The molecule has 0 saturated carbocycles. The molecule has 0 saturated heterocycles. The Morgan fingerprint density at radius 2 is 1.83 bits per heavy atom. The van der Waals surface area contributed by atoms with E-state index < -0.39 is 0 Å². The van der Waals surface area contributed by atoms with E-state index in [1.165, 1.54) is 0 Å². The number of phenolic OH excluding ortho intramolecular Hbond substituents is 2. The molecular weight excluding hydrogens is 226 g/mol. The molecule has 0 aliphatic heterocycles. The SMILES string of the molecule is CC(NCc1ccccc1O)c1cccc(O)c1. The van der Waals surface area contributed by atoms with Crippen LogP contribution in [0, 0.1) is 0 Å². The molecular formula is C15H17NO2. The lowest BCUT2D eigenvalue weighted by Crippen LogP contribution is -2.18. The average molecular weight is 243 g/mol. The first-order chi connectivity index (χ1) is 8.66. The van der Waals surface area contributed by atoms with E-state index in [1.54, 1.807) is 24.3 Å². The normalized spacial score (nSPS) is 12.3. The zero-order valence-corrected chi connectivity index (χ0v) is 10.3. The van der Waals surface area contributed by atoms with Gasteiger partial charge >= 0.3 is 0 Å². The van der Waals surface area contributed by atoms with Gasteiger partial charge in [0.15, 0.2) is 0 Å². The zero-order valence-electron chi connectivity index (χ0n) is 10.3. The van der Waals surface area contributed by atoms with Gasteiger partial charge in [-0.05, 0) is 30.7 Å². The molecule has 0 aliphatic carbocycles. The Hall–Kier alpha value is -2.00. The highest BCUT2D eigenvalue weighted by Crippen LogP contribution is 2.20. The number of nitrogens with one attached hydrogen (secondary N) is 1. The van der Waals surface area contributed by atoms with Gasteiger partial charge in [-0.15, -0.1) is 0 Å². The fourth-order valence-corrected chi connectivity index (χ4v) is 1.84. The lowest BCUT2D eigenvalue weighted by molar-refractivity contribution is 0.458. The first-order valence-corrected chi connectivity index (χ1v) is 5.96. The molecule has 0 bridgehead atoms. The highest BCUT2D eigenvalue weighted by molar-refractivity contribution is 5.32. The molecule has 0 fully saturated rings. The summed E-state index contributed by atoms with van der Waals surface area (Å²) in [5.74, 6) is 0.566. The van der Waals surface area contributed by atoms with Crippen molar-refractivity contribution in [2.24, 2.45) is 0 Å². The lowest BCUT2D eigenvalue weighted by Gasteiger charge is -2.15. The van der Waals surface area contributed by atoms with E-state index in [1.807, 2.05) is 31.2 Å². The minimum Gasteiger partial charge on any atom is -0.508 e. The van der Waals surface area contributed by atoms with E-state index in [9.17, 15) is 10.2 Å². The Bertz CT molecular complexity index is 525. The summed E-state index contributed by atoms with van der Waals surface area (Å²) in [6, 6.07) is 14.5. The van der Waals surface area contributed by atoms with Crippen molar-refractivity contribution in [3.63, 3.8) is 0 Å². The van der Waals surface area contributed by atoms with Crippen LogP contribution in [-0.2, 0) is 6.54 Å². The fraction of sp³-hybridized carbons (Fsp3) is 0.200. The standard InChI is InChI=1S/C15H17NO2/c1-11(12-6-4-7-14(17)9-12)16-10-13-5-2-3-8-15(13)18/h2-9,11,16-18H,10H2,1H3. The van der Waals surface area contributed by atoms with Crippen molar-refractivity contribution in [2.75, 3.05) is 0 Å². The van der Waals surface area contributed by atoms with Gasteiger partial charge in [0.05, 0.1) is 0 Å². The number of rotatable bonds is 4. The Labute approximate surface area is 107 Å². The summed E-state index contributed by atoms with van der Waals surface area (Å²) >= 11 is 0. The maximum Gasteiger partial charge on any atom is 0.120 e. The predicted octanol–water partition coefficient (Wildman–Crippen LogP) is 2.95. The van der Waals surface area contributed by atoms with E-state index >= 15 is 0 Å². The van der Waals surface area contributed by atoms with Gasteiger partial charge in [-0.1, -0.05) is 30.3 Å². The van der Waals surface area contributed by atoms with E-state index in [0.29, 0.717) is 12.3 Å². The molecule has 0 aliphatic rings. The fourth-order valence-electron chi connectivity index (χ4n) is 1.84. The molecule has 3 nitrogen and oxygen atoms in total. The van der Waals surface area contributed by atoms with Gasteiger partial charge in [-0.2, -0.15) is 0 Å². The van der Waals surface area contributed by atoms with Crippen LogP contribution >= 0.6 is 0 Å². The Kier molecular flexibility index (Phi) is 3.85. The van der Waals surface area contributed by atoms with Crippen LogP contribution in [0.1, 0.15) is 24.1 Å². The first kappa shape index (κ1) is 12.5. The molecule has 94 valence electrons. The molecule has 1 atom stereocenters. The van der Waals surface area contributed by atoms with E-state index in [0.717, 1.165) is 11.1 Å². The molecule has 3 heteroatoms. The van der Waals surface area contributed by atoms with Crippen LogP contribution in [0.5, 0.6) is 11.5 Å². The number of hydrogen-bond acceptors (Lipinski definition) is 3. The van der Waals surface area contributed by atoms with Crippen LogP contribution in [0.25, 0.3) is 0 Å². The Morgan fingerprint density at radius 1 is 1.06 bits per heavy atom. The van der Waals surface area contributed by atoms with Crippen molar-refractivity contribution in [1.82, 2.24) is 5.32 Å². The summed E-state index contributed by atoms with van der Waals surface area (Å²) < 4.78 is 0. The van der Waals surface area contributed by atoms with Crippen molar-refractivity contribution >= 4 is 0 Å². The first-order valence-electron chi connectivity index (χ1n) is 5.96. The number of para-hydroxylation sites is 1. The lowest BCUT2D eigenvalue weighted by atomic mass is 10.1. The second-order valence-corrected chi connectivity index (χ2v) is 4.33. The van der Waals surface area contributed by atoms with Gasteiger partial charge in [-0.3, -0.25) is 0 Å². The predicted molar refractivity (Wildman–Crippen MR) is 71.5 cm³/mol. The minimum absolute atomic E-state index is 0.108. The van der Waals surface area contributed by atoms with Gasteiger partial charge < -0.3 is 15.5 Å². The smallest absolute Gasteiger partial charge is 0.120 e. The molecule has 0 radical (unpaired) electrons. The highest BCUT2D eigenvalue weighted by Gasteiger charge is 2.06. The maximum absolute atomic E-state index is 9.66. The number of hydrogen-bond donors (Lipinski definition) is 3. The summed E-state index contributed by atoms with van der Waals surface area (Å²) in [7, 11) is 0. The third-order valence-corrected chi connectivity index (χ3v) is 2.96. The highest BCUT2D eigenvalue weighted by atomic mass is 16.3. The molecule has 2 rings (SSSR count). The quantitative estimate of drug-likeness (QED) is 0.773. The van der Waals surface area contributed by atoms with Crippen molar-refractivity contribution in [3.05, 3.63) is 59.7 Å². The van der Waals surface area contributed by atoms with Crippen LogP contribution in [0.15, 0.2) is 48.5 Å². The summed E-state index contributed by atoms with van der Waals surface area (Å²) in [5, 5.41) is 22.4. The van der Waals surface area contributed by atoms with Crippen molar-refractivity contribution in [1.29, 1.82) is 0 Å². The maximum atomic E-state index is 9.66. The summed E-state index contributed by atoms with van der Waals surface area (Å²) in [4.78, 5) is 0. The minimum atomic E-state index is 0.108. The topological polar surface area (TPSA) is 52.5 Å². The van der Waals surface area contributed by atoms with Crippen LogP contribution in [0.3, 0.4) is 0 Å². The Balaban J connectivity index is 2.00. The third kappa shape index (κ3) is 3.02. The molecule has 3 N–H and O–H groups in total. The second-order valence-electron chi connectivity index (χ2n) is 4.33. The Morgan fingerprint density at radius 3 is 2.56 bits per heavy atom. The van der Waals surface area contributed by atoms with Crippen LogP contribution in [0.4, 0.5) is 0 Å². The van der Waals surface area contributed by atoms with Crippen LogP contribution in [0.2, 0.25) is 0 Å². The van der Waals surface area contributed by atoms with Crippen molar-refractivity contribution in [3.8, 4) is 11.5 Å². The van der Waals surface area contributed by atoms with Crippen molar-refractivity contribution in [2.45, 2.75) is 19.5 Å². The van der Waals surface area contributed by atoms with Crippen LogP contribution in [-0.4, -0.2) is 10.2 Å². The number of benzene rings is 2. The molecule has 0 aromatic heterocycles. The van der Waals surface area contributed by atoms with E-state index in [2.05, 4.69) is 5.32 Å². The molecule has 18 heavy (non-hydrogen) atoms. The molecule has 1 unspecified atom stereocenters. The largest absolute Gasteiger partial charge is 0.508 e. The zero-order chi connectivity index (χ0) is 13.0. The molecule has 0 amide bonds. The van der Waals surface area contributed by atoms with Gasteiger partial charge in [0.2, 0.25) is 0 Å². The van der Waals surface area contributed by atoms with E-state index in [-0.39, 0.29) is 11.8 Å². The number of aromatic hydroxyl groups is 2. The molecule has 0 heterocycles. The second kappa shape index (κ2) is 5.56. The summed E-state index contributed by atoms with van der Waals surface area (Å²) in [6.07, 6.45) is 0. The van der Waals surface area contributed by atoms with Gasteiger partial charge in [0.25, 0.3) is 0 Å². The molecule has 2 aromatic rings.